The number of nitrogens with one attached hydrogen (secondary N) is 1. The summed E-state index contributed by atoms with van der Waals surface area (Å²) in [6.45, 7) is 7.01. The van der Waals surface area contributed by atoms with Gasteiger partial charge in [-0.3, -0.25) is 0 Å². The SMILES string of the molecule is CC(C)(C)NCc1cnoc1-c1ccc(Cl)c(Cl)c1. The van der Waals surface area contributed by atoms with Gasteiger partial charge in [0.05, 0.1) is 16.2 Å². The molecule has 0 bridgehead atoms. The number of aromatic nitrogens is 1. The van der Waals surface area contributed by atoms with Gasteiger partial charge in [0.2, 0.25) is 0 Å². The molecule has 0 saturated carbocycles. The van der Waals surface area contributed by atoms with Gasteiger partial charge in [-0.05, 0) is 39.0 Å². The van der Waals surface area contributed by atoms with Gasteiger partial charge in [-0.25, -0.2) is 0 Å². The lowest BCUT2D eigenvalue weighted by Gasteiger charge is -2.20. The van der Waals surface area contributed by atoms with Gasteiger partial charge in [0.15, 0.2) is 5.76 Å². The smallest absolute Gasteiger partial charge is 0.171 e. The maximum atomic E-state index is 6.02. The van der Waals surface area contributed by atoms with Crippen LogP contribution in [0.25, 0.3) is 11.3 Å². The highest BCUT2D eigenvalue weighted by molar-refractivity contribution is 6.42. The predicted molar refractivity (Wildman–Crippen MR) is 78.6 cm³/mol. The maximum absolute atomic E-state index is 6.02. The van der Waals surface area contributed by atoms with E-state index in [4.69, 9.17) is 27.7 Å². The lowest BCUT2D eigenvalue weighted by Crippen LogP contribution is -2.35. The minimum atomic E-state index is 0.0339. The second-order valence-corrected chi connectivity index (χ2v) is 6.23. The summed E-state index contributed by atoms with van der Waals surface area (Å²) in [5.74, 6) is 0.718. The molecule has 0 aliphatic heterocycles. The Labute approximate surface area is 122 Å². The molecule has 0 aliphatic rings. The first-order chi connectivity index (χ1) is 8.87. The van der Waals surface area contributed by atoms with Gasteiger partial charge in [-0.2, -0.15) is 0 Å². The minimum absolute atomic E-state index is 0.0339. The molecule has 1 aromatic heterocycles. The number of benzene rings is 1. The first-order valence-electron chi connectivity index (χ1n) is 6.01. The quantitative estimate of drug-likeness (QED) is 0.904. The lowest BCUT2D eigenvalue weighted by atomic mass is 10.1. The Morgan fingerprint density at radius 2 is 1.95 bits per heavy atom. The Kier molecular flexibility index (Phi) is 4.19. The van der Waals surface area contributed by atoms with E-state index in [9.17, 15) is 0 Å². The Bertz CT molecular complexity index is 573. The predicted octanol–water partition coefficient (Wildman–Crippen LogP) is 4.54. The number of halogens is 2. The van der Waals surface area contributed by atoms with Crippen molar-refractivity contribution in [1.29, 1.82) is 0 Å². The monoisotopic (exact) mass is 298 g/mol. The highest BCUT2D eigenvalue weighted by atomic mass is 35.5. The van der Waals surface area contributed by atoms with Crippen molar-refractivity contribution >= 4 is 23.2 Å². The van der Waals surface area contributed by atoms with Crippen molar-refractivity contribution in [1.82, 2.24) is 10.5 Å². The van der Waals surface area contributed by atoms with Crippen LogP contribution >= 0.6 is 23.2 Å². The highest BCUT2D eigenvalue weighted by Gasteiger charge is 2.15. The lowest BCUT2D eigenvalue weighted by molar-refractivity contribution is 0.418. The van der Waals surface area contributed by atoms with Crippen LogP contribution in [0, 0.1) is 0 Å². The molecular formula is C14H16Cl2N2O. The number of hydrogen-bond acceptors (Lipinski definition) is 3. The van der Waals surface area contributed by atoms with Crippen LogP contribution in [0.2, 0.25) is 10.0 Å². The van der Waals surface area contributed by atoms with Crippen LogP contribution in [0.4, 0.5) is 0 Å². The van der Waals surface area contributed by atoms with Crippen molar-refractivity contribution in [3.05, 3.63) is 40.0 Å². The van der Waals surface area contributed by atoms with Crippen molar-refractivity contribution in [3.8, 4) is 11.3 Å². The zero-order chi connectivity index (χ0) is 14.0. The molecule has 0 radical (unpaired) electrons. The summed E-state index contributed by atoms with van der Waals surface area (Å²) in [5.41, 5.74) is 1.90. The van der Waals surface area contributed by atoms with Gasteiger partial charge >= 0.3 is 0 Å². The maximum Gasteiger partial charge on any atom is 0.171 e. The summed E-state index contributed by atoms with van der Waals surface area (Å²) >= 11 is 11.9. The van der Waals surface area contributed by atoms with Crippen molar-refractivity contribution in [3.63, 3.8) is 0 Å². The van der Waals surface area contributed by atoms with Crippen molar-refractivity contribution in [2.45, 2.75) is 32.9 Å². The third kappa shape index (κ3) is 3.72. The third-order valence-corrected chi connectivity index (χ3v) is 3.37. The molecule has 0 amide bonds. The van der Waals surface area contributed by atoms with Crippen LogP contribution in [-0.4, -0.2) is 10.7 Å². The molecule has 3 nitrogen and oxygen atoms in total. The average Bonchev–Trinajstić information content (AvgIpc) is 2.77. The number of hydrogen-bond donors (Lipinski definition) is 1. The molecule has 2 rings (SSSR count). The molecule has 1 N–H and O–H groups in total. The van der Waals surface area contributed by atoms with Crippen LogP contribution in [0.3, 0.4) is 0 Å². The highest BCUT2D eigenvalue weighted by Crippen LogP contribution is 2.30. The summed E-state index contributed by atoms with van der Waals surface area (Å²) in [4.78, 5) is 0. The van der Waals surface area contributed by atoms with E-state index in [1.54, 1.807) is 18.3 Å². The Hall–Kier alpha value is -1.03. The van der Waals surface area contributed by atoms with E-state index >= 15 is 0 Å². The Balaban J connectivity index is 2.26. The van der Waals surface area contributed by atoms with E-state index in [-0.39, 0.29) is 5.54 Å². The van der Waals surface area contributed by atoms with Crippen molar-refractivity contribution in [2.75, 3.05) is 0 Å². The van der Waals surface area contributed by atoms with Crippen LogP contribution in [0.1, 0.15) is 26.3 Å². The molecular weight excluding hydrogens is 283 g/mol. The van der Waals surface area contributed by atoms with Gasteiger partial charge in [-0.1, -0.05) is 28.4 Å². The molecule has 1 heterocycles. The fourth-order valence-electron chi connectivity index (χ4n) is 1.62. The van der Waals surface area contributed by atoms with E-state index in [2.05, 4.69) is 31.2 Å². The standard InChI is InChI=1S/C14H16Cl2N2O/c1-14(2,3)17-7-10-8-18-19-13(10)9-4-5-11(15)12(16)6-9/h4-6,8,17H,7H2,1-3H3. The van der Waals surface area contributed by atoms with Crippen LogP contribution in [0.15, 0.2) is 28.9 Å². The largest absolute Gasteiger partial charge is 0.356 e. The van der Waals surface area contributed by atoms with Crippen LogP contribution in [-0.2, 0) is 6.54 Å². The van der Waals surface area contributed by atoms with Crippen molar-refractivity contribution < 1.29 is 4.52 Å². The van der Waals surface area contributed by atoms with E-state index in [1.807, 2.05) is 6.07 Å². The molecule has 19 heavy (non-hydrogen) atoms. The van der Waals surface area contributed by atoms with Gasteiger partial charge < -0.3 is 9.84 Å². The topological polar surface area (TPSA) is 38.1 Å². The third-order valence-electron chi connectivity index (χ3n) is 2.64. The fraction of sp³-hybridized carbons (Fsp3) is 0.357. The molecule has 0 spiro atoms. The van der Waals surface area contributed by atoms with E-state index in [0.717, 1.165) is 16.9 Å². The molecule has 0 atom stereocenters. The summed E-state index contributed by atoms with van der Waals surface area (Å²) in [5, 5.41) is 8.29. The van der Waals surface area contributed by atoms with Gasteiger partial charge in [0.25, 0.3) is 0 Å². The molecule has 2 aromatic rings. The first kappa shape index (κ1) is 14.4. The van der Waals surface area contributed by atoms with Crippen molar-refractivity contribution in [2.24, 2.45) is 0 Å². The molecule has 0 saturated heterocycles. The molecule has 1 aromatic carbocycles. The van der Waals surface area contributed by atoms with E-state index in [0.29, 0.717) is 16.6 Å². The second kappa shape index (κ2) is 5.53. The van der Waals surface area contributed by atoms with Crippen LogP contribution in [0.5, 0.6) is 0 Å². The zero-order valence-corrected chi connectivity index (χ0v) is 12.6. The Morgan fingerprint density at radius 3 is 2.58 bits per heavy atom. The molecule has 0 fully saturated rings. The minimum Gasteiger partial charge on any atom is -0.356 e. The normalized spacial score (nSPS) is 11.8. The van der Waals surface area contributed by atoms with Gasteiger partial charge in [-0.15, -0.1) is 0 Å². The first-order valence-corrected chi connectivity index (χ1v) is 6.76. The van der Waals surface area contributed by atoms with E-state index in [1.165, 1.54) is 0 Å². The summed E-state index contributed by atoms with van der Waals surface area (Å²) < 4.78 is 5.32. The number of nitrogens with zero attached hydrogens (tertiary/aromatic N) is 1. The van der Waals surface area contributed by atoms with E-state index < -0.39 is 0 Å². The average molecular weight is 299 g/mol. The second-order valence-electron chi connectivity index (χ2n) is 5.41. The molecule has 0 unspecified atom stereocenters. The van der Waals surface area contributed by atoms with Gasteiger partial charge in [0.1, 0.15) is 0 Å². The summed E-state index contributed by atoms with van der Waals surface area (Å²) in [6.07, 6.45) is 1.72. The Morgan fingerprint density at radius 1 is 1.21 bits per heavy atom. The van der Waals surface area contributed by atoms with Gasteiger partial charge in [0, 0.05) is 23.2 Å². The van der Waals surface area contributed by atoms with Crippen LogP contribution < -0.4 is 5.32 Å². The molecule has 5 heteroatoms. The molecule has 102 valence electrons. The summed E-state index contributed by atoms with van der Waals surface area (Å²) in [7, 11) is 0. The molecule has 0 aliphatic carbocycles. The zero-order valence-electron chi connectivity index (χ0n) is 11.1. The summed E-state index contributed by atoms with van der Waals surface area (Å²) in [6, 6.07) is 5.41. The fourth-order valence-corrected chi connectivity index (χ4v) is 1.92. The number of rotatable bonds is 3.